The number of ether oxygens (including phenoxy) is 1. The number of para-hydroxylation sites is 1. The average molecular weight is 338 g/mol. The summed E-state index contributed by atoms with van der Waals surface area (Å²) >= 11 is 0. The molecule has 0 N–H and O–H groups in total. The quantitative estimate of drug-likeness (QED) is 0.729. The molecule has 0 radical (unpaired) electrons. The molecule has 1 saturated carbocycles. The zero-order chi connectivity index (χ0) is 16.9. The van der Waals surface area contributed by atoms with Crippen LogP contribution in [0.2, 0.25) is 0 Å². The van der Waals surface area contributed by atoms with Crippen molar-refractivity contribution in [2.75, 3.05) is 24.6 Å². The number of benzene rings is 1. The van der Waals surface area contributed by atoms with E-state index in [4.69, 9.17) is 4.74 Å². The summed E-state index contributed by atoms with van der Waals surface area (Å²) in [5, 5.41) is 0. The SMILES string of the molecule is CC(=O)N1c2ccccc2[C@]23CCN4CCC[C@@]5(CCO[C@@]452)CC[C@H]13. The van der Waals surface area contributed by atoms with Crippen LogP contribution in [0.1, 0.15) is 51.0 Å². The van der Waals surface area contributed by atoms with Gasteiger partial charge in [0.05, 0.1) is 11.5 Å². The fourth-order valence-corrected chi connectivity index (χ4v) is 7.77. The van der Waals surface area contributed by atoms with Gasteiger partial charge >= 0.3 is 0 Å². The third kappa shape index (κ3) is 1.34. The second kappa shape index (κ2) is 4.47. The highest BCUT2D eigenvalue weighted by Gasteiger charge is 2.79. The summed E-state index contributed by atoms with van der Waals surface area (Å²) in [6.07, 6.45) is 7.23. The highest BCUT2D eigenvalue weighted by molar-refractivity contribution is 5.96. The third-order valence-electron chi connectivity index (χ3n) is 8.28. The molecule has 5 aliphatic rings. The maximum Gasteiger partial charge on any atom is 0.224 e. The Bertz CT molecular complexity index is 779. The summed E-state index contributed by atoms with van der Waals surface area (Å²) in [7, 11) is 0. The molecule has 132 valence electrons. The first-order valence-corrected chi connectivity index (χ1v) is 9.95. The third-order valence-corrected chi connectivity index (χ3v) is 8.28. The van der Waals surface area contributed by atoms with Crippen molar-refractivity contribution in [3.8, 4) is 0 Å². The fraction of sp³-hybridized carbons (Fsp3) is 0.667. The first-order chi connectivity index (χ1) is 12.2. The molecule has 1 aromatic rings. The van der Waals surface area contributed by atoms with Gasteiger partial charge in [-0.05, 0) is 50.2 Å². The van der Waals surface area contributed by atoms with Crippen molar-refractivity contribution in [3.63, 3.8) is 0 Å². The van der Waals surface area contributed by atoms with Crippen LogP contribution < -0.4 is 4.90 Å². The van der Waals surface area contributed by atoms with E-state index in [0.717, 1.165) is 38.2 Å². The van der Waals surface area contributed by atoms with Crippen molar-refractivity contribution in [1.82, 2.24) is 4.90 Å². The van der Waals surface area contributed by atoms with Gasteiger partial charge in [0.1, 0.15) is 5.72 Å². The molecule has 25 heavy (non-hydrogen) atoms. The van der Waals surface area contributed by atoms with Crippen molar-refractivity contribution >= 4 is 11.6 Å². The molecule has 1 aliphatic carbocycles. The van der Waals surface area contributed by atoms with Gasteiger partial charge in [-0.2, -0.15) is 0 Å². The molecule has 4 aliphatic heterocycles. The molecule has 4 atom stereocenters. The molecule has 4 nitrogen and oxygen atoms in total. The van der Waals surface area contributed by atoms with Crippen LogP contribution in [0.4, 0.5) is 5.69 Å². The topological polar surface area (TPSA) is 32.8 Å². The van der Waals surface area contributed by atoms with Crippen molar-refractivity contribution < 1.29 is 9.53 Å². The number of amides is 1. The normalized spacial score (nSPS) is 44.2. The Morgan fingerprint density at radius 2 is 2.04 bits per heavy atom. The summed E-state index contributed by atoms with van der Waals surface area (Å²) in [5.41, 5.74) is 2.60. The molecule has 6 rings (SSSR count). The van der Waals surface area contributed by atoms with Gasteiger partial charge < -0.3 is 9.64 Å². The Labute approximate surface area is 149 Å². The minimum atomic E-state index is -0.179. The average Bonchev–Trinajstić information content (AvgIpc) is 3.25. The number of nitrogens with zero attached hydrogens (tertiary/aromatic N) is 2. The predicted molar refractivity (Wildman–Crippen MR) is 95.5 cm³/mol. The lowest BCUT2D eigenvalue weighted by Gasteiger charge is -2.62. The van der Waals surface area contributed by atoms with Crippen molar-refractivity contribution in [1.29, 1.82) is 0 Å². The van der Waals surface area contributed by atoms with E-state index < -0.39 is 0 Å². The van der Waals surface area contributed by atoms with Crippen LogP contribution >= 0.6 is 0 Å². The van der Waals surface area contributed by atoms with Gasteiger partial charge in [-0.25, -0.2) is 0 Å². The summed E-state index contributed by atoms with van der Waals surface area (Å²) in [4.78, 5) is 17.5. The van der Waals surface area contributed by atoms with Gasteiger partial charge in [0.15, 0.2) is 0 Å². The van der Waals surface area contributed by atoms with E-state index in [9.17, 15) is 4.79 Å². The van der Waals surface area contributed by atoms with Crippen molar-refractivity contribution in [3.05, 3.63) is 29.8 Å². The molecular formula is C21H26N2O2. The zero-order valence-corrected chi connectivity index (χ0v) is 15.0. The maximum atomic E-state index is 12.7. The van der Waals surface area contributed by atoms with Gasteiger partial charge in [0.2, 0.25) is 5.91 Å². The van der Waals surface area contributed by atoms with Gasteiger partial charge in [-0.1, -0.05) is 18.2 Å². The highest BCUT2D eigenvalue weighted by atomic mass is 16.5. The van der Waals surface area contributed by atoms with Crippen LogP contribution in [0.25, 0.3) is 0 Å². The molecule has 0 unspecified atom stereocenters. The van der Waals surface area contributed by atoms with Crippen LogP contribution in [-0.4, -0.2) is 42.3 Å². The molecule has 4 fully saturated rings. The zero-order valence-electron chi connectivity index (χ0n) is 15.0. The van der Waals surface area contributed by atoms with Crippen LogP contribution in [0.15, 0.2) is 24.3 Å². The second-order valence-electron chi connectivity index (χ2n) is 8.80. The minimum absolute atomic E-state index is 0.0373. The molecule has 1 amide bonds. The molecule has 3 saturated heterocycles. The standard InChI is InChI=1S/C21H26N2O2/c1-15(24)23-17-6-3-2-5-16(17)20-10-13-22-12-4-8-19(9-7-18(20)23)11-14-25-21(19,20)22/h2-3,5-6,18H,4,7-14H2,1H3/t18-,19-,20-,21-/m0/s1. The minimum Gasteiger partial charge on any atom is -0.359 e. The number of carbonyl (C=O) groups excluding carboxylic acids is 1. The Morgan fingerprint density at radius 3 is 2.92 bits per heavy atom. The summed E-state index contributed by atoms with van der Waals surface area (Å²) in [5.74, 6) is 0.186. The molecule has 4 heterocycles. The lowest BCUT2D eigenvalue weighted by Crippen LogP contribution is -2.73. The van der Waals surface area contributed by atoms with E-state index in [1.807, 2.05) is 0 Å². The molecule has 2 spiro atoms. The molecule has 0 bridgehead atoms. The first-order valence-electron chi connectivity index (χ1n) is 9.95. The predicted octanol–water partition coefficient (Wildman–Crippen LogP) is 3.06. The lowest BCUT2D eigenvalue weighted by molar-refractivity contribution is -0.232. The van der Waals surface area contributed by atoms with Crippen LogP contribution in [0.5, 0.6) is 0 Å². The second-order valence-corrected chi connectivity index (χ2v) is 8.80. The van der Waals surface area contributed by atoms with Gasteiger partial charge in [0.25, 0.3) is 0 Å². The smallest absolute Gasteiger partial charge is 0.224 e. The van der Waals surface area contributed by atoms with E-state index >= 15 is 0 Å². The Balaban J connectivity index is 1.67. The number of carbonyl (C=O) groups is 1. The molecule has 0 aromatic heterocycles. The number of piperidine rings is 1. The largest absolute Gasteiger partial charge is 0.359 e. The molecule has 4 heteroatoms. The number of hydrogen-bond acceptors (Lipinski definition) is 3. The molecular weight excluding hydrogens is 312 g/mol. The highest BCUT2D eigenvalue weighted by Crippen LogP contribution is 2.73. The van der Waals surface area contributed by atoms with Crippen LogP contribution in [0.3, 0.4) is 0 Å². The van der Waals surface area contributed by atoms with Gasteiger partial charge in [-0.3, -0.25) is 9.69 Å². The monoisotopic (exact) mass is 338 g/mol. The van der Waals surface area contributed by atoms with E-state index in [1.54, 1.807) is 6.92 Å². The number of rotatable bonds is 0. The summed E-state index contributed by atoms with van der Waals surface area (Å²) in [6.45, 7) is 4.88. The summed E-state index contributed by atoms with van der Waals surface area (Å²) < 4.78 is 6.80. The van der Waals surface area contributed by atoms with Gasteiger partial charge in [-0.15, -0.1) is 0 Å². The Morgan fingerprint density at radius 1 is 1.16 bits per heavy atom. The lowest BCUT2D eigenvalue weighted by atomic mass is 9.50. The number of anilines is 1. The van der Waals surface area contributed by atoms with E-state index in [1.165, 1.54) is 31.2 Å². The van der Waals surface area contributed by atoms with E-state index in [-0.39, 0.29) is 28.5 Å². The van der Waals surface area contributed by atoms with Crippen molar-refractivity contribution in [2.24, 2.45) is 5.41 Å². The van der Waals surface area contributed by atoms with Crippen LogP contribution in [-0.2, 0) is 14.9 Å². The Kier molecular flexibility index (Phi) is 2.64. The van der Waals surface area contributed by atoms with Crippen LogP contribution in [0, 0.1) is 5.41 Å². The first kappa shape index (κ1) is 14.7. The van der Waals surface area contributed by atoms with E-state index in [2.05, 4.69) is 34.1 Å². The number of fused-ring (bicyclic) bond motifs is 1. The Hall–Kier alpha value is -1.39. The maximum absolute atomic E-state index is 12.7. The molecule has 1 aromatic carbocycles. The number of hydrogen-bond donors (Lipinski definition) is 0. The fourth-order valence-electron chi connectivity index (χ4n) is 7.77. The van der Waals surface area contributed by atoms with Gasteiger partial charge in [0, 0.05) is 37.7 Å². The van der Waals surface area contributed by atoms with E-state index in [0.29, 0.717) is 0 Å². The summed E-state index contributed by atoms with van der Waals surface area (Å²) in [6, 6.07) is 8.94. The van der Waals surface area contributed by atoms with Crippen molar-refractivity contribution in [2.45, 2.75) is 62.6 Å².